The normalized spacial score (nSPS) is 9.30. The van der Waals surface area contributed by atoms with Gasteiger partial charge in [0.05, 0.1) is 24.7 Å². The highest BCUT2D eigenvalue weighted by Crippen LogP contribution is 2.13. The third kappa shape index (κ3) is 4.38. The molecule has 5 heteroatoms. The second-order valence-corrected chi connectivity index (χ2v) is 4.10. The number of rotatable bonds is 4. The number of nitriles is 1. The molecule has 1 rings (SSSR count). The minimum absolute atomic E-state index is 0.0896. The average Bonchev–Trinajstić information content (AvgIpc) is 2.44. The van der Waals surface area contributed by atoms with E-state index in [0.29, 0.717) is 6.54 Å². The Kier molecular flexibility index (Phi) is 6.22. The summed E-state index contributed by atoms with van der Waals surface area (Å²) in [6.45, 7) is 0.212. The number of hydrogen-bond acceptors (Lipinski definition) is 3. The van der Waals surface area contributed by atoms with Crippen molar-refractivity contribution in [1.82, 2.24) is 4.90 Å². The van der Waals surface area contributed by atoms with Gasteiger partial charge in [0.25, 0.3) is 5.91 Å². The zero-order valence-corrected chi connectivity index (χ0v) is 11.2. The summed E-state index contributed by atoms with van der Waals surface area (Å²) in [5, 5.41) is 17.2. The maximum absolute atomic E-state index is 13.2. The fourth-order valence-corrected chi connectivity index (χ4v) is 1.54. The molecule has 0 fully saturated rings. The van der Waals surface area contributed by atoms with Crippen molar-refractivity contribution in [3.05, 3.63) is 35.1 Å². The second kappa shape index (κ2) is 7.93. The van der Waals surface area contributed by atoms with Crippen LogP contribution in [0.5, 0.6) is 0 Å². The van der Waals surface area contributed by atoms with E-state index in [1.54, 1.807) is 7.05 Å². The number of nitrogens with zero attached hydrogens (tertiary/aromatic N) is 2. The lowest BCUT2D eigenvalue weighted by molar-refractivity contribution is 0.0797. The molecule has 104 valence electrons. The number of halogens is 1. The lowest BCUT2D eigenvalue weighted by Gasteiger charge is -2.16. The minimum atomic E-state index is -0.477. The molecular formula is C15H15FN2O2. The molecule has 1 aromatic carbocycles. The van der Waals surface area contributed by atoms with Gasteiger partial charge in [0.15, 0.2) is 0 Å². The minimum Gasteiger partial charge on any atom is -0.395 e. The van der Waals surface area contributed by atoms with Crippen LogP contribution in [0.15, 0.2) is 18.2 Å². The third-order valence-electron chi connectivity index (χ3n) is 2.58. The maximum Gasteiger partial charge on any atom is 0.254 e. The SMILES string of the molecule is CN(CCC#N)C(=O)c1ccc(F)cc1C#CCCO. The molecule has 0 aliphatic rings. The molecule has 0 aliphatic heterocycles. The fraction of sp³-hybridized carbons (Fsp3) is 0.333. The molecule has 0 heterocycles. The van der Waals surface area contributed by atoms with Crippen LogP contribution in [-0.4, -0.2) is 36.1 Å². The summed E-state index contributed by atoms with van der Waals surface area (Å²) in [6, 6.07) is 5.73. The van der Waals surface area contributed by atoms with Crippen LogP contribution in [-0.2, 0) is 0 Å². The molecule has 0 bridgehead atoms. The third-order valence-corrected chi connectivity index (χ3v) is 2.58. The molecular weight excluding hydrogens is 259 g/mol. The van der Waals surface area contributed by atoms with Crippen LogP contribution in [0.4, 0.5) is 4.39 Å². The van der Waals surface area contributed by atoms with E-state index in [4.69, 9.17) is 10.4 Å². The topological polar surface area (TPSA) is 64.3 Å². The van der Waals surface area contributed by atoms with E-state index < -0.39 is 5.82 Å². The van der Waals surface area contributed by atoms with Crippen molar-refractivity contribution >= 4 is 5.91 Å². The van der Waals surface area contributed by atoms with Gasteiger partial charge in [-0.1, -0.05) is 11.8 Å². The summed E-state index contributed by atoms with van der Waals surface area (Å²) in [5.74, 6) is 4.56. The standard InChI is InChI=1S/C15H15FN2O2/c1-18(9-4-8-17)15(20)14-7-6-13(16)11-12(14)5-2-3-10-19/h6-7,11,19H,3-4,9-10H2,1H3. The maximum atomic E-state index is 13.2. The van der Waals surface area contributed by atoms with Gasteiger partial charge in [0.1, 0.15) is 5.82 Å². The van der Waals surface area contributed by atoms with Crippen molar-refractivity contribution in [3.8, 4) is 17.9 Å². The number of carbonyl (C=O) groups is 1. The molecule has 0 radical (unpaired) electrons. The molecule has 0 saturated heterocycles. The smallest absolute Gasteiger partial charge is 0.254 e. The molecule has 1 amide bonds. The van der Waals surface area contributed by atoms with Gasteiger partial charge in [-0.15, -0.1) is 0 Å². The predicted molar refractivity (Wildman–Crippen MR) is 72.2 cm³/mol. The monoisotopic (exact) mass is 274 g/mol. The summed E-state index contributed by atoms with van der Waals surface area (Å²) in [4.78, 5) is 13.6. The van der Waals surface area contributed by atoms with Gasteiger partial charge in [-0.2, -0.15) is 5.26 Å². The largest absolute Gasteiger partial charge is 0.395 e. The molecule has 1 N–H and O–H groups in total. The molecule has 0 spiro atoms. The highest BCUT2D eigenvalue weighted by Gasteiger charge is 2.15. The number of aliphatic hydroxyl groups excluding tert-OH is 1. The van der Waals surface area contributed by atoms with Crippen molar-refractivity contribution in [3.63, 3.8) is 0 Å². The molecule has 4 nitrogen and oxygen atoms in total. The van der Waals surface area contributed by atoms with E-state index in [9.17, 15) is 9.18 Å². The van der Waals surface area contributed by atoms with Gasteiger partial charge >= 0.3 is 0 Å². The van der Waals surface area contributed by atoms with E-state index in [2.05, 4.69) is 11.8 Å². The van der Waals surface area contributed by atoms with Crippen LogP contribution < -0.4 is 0 Å². The molecule has 0 atom stereocenters. The second-order valence-electron chi connectivity index (χ2n) is 4.10. The van der Waals surface area contributed by atoms with Crippen LogP contribution in [0.2, 0.25) is 0 Å². The molecule has 0 aromatic heterocycles. The summed E-state index contributed by atoms with van der Waals surface area (Å²) < 4.78 is 13.2. The molecule has 1 aromatic rings. The Labute approximate surface area is 117 Å². The Hall–Kier alpha value is -2.37. The fourth-order valence-electron chi connectivity index (χ4n) is 1.54. The predicted octanol–water partition coefficient (Wildman–Crippen LogP) is 1.55. The van der Waals surface area contributed by atoms with Crippen molar-refractivity contribution in [1.29, 1.82) is 5.26 Å². The van der Waals surface area contributed by atoms with Gasteiger partial charge in [0.2, 0.25) is 0 Å². The summed E-state index contributed by atoms with van der Waals surface area (Å²) in [6.07, 6.45) is 0.489. The lowest BCUT2D eigenvalue weighted by atomic mass is 10.1. The first kappa shape index (κ1) is 15.7. The first-order valence-electron chi connectivity index (χ1n) is 6.12. The van der Waals surface area contributed by atoms with Crippen molar-refractivity contribution in [2.24, 2.45) is 0 Å². The zero-order chi connectivity index (χ0) is 15.0. The van der Waals surface area contributed by atoms with E-state index >= 15 is 0 Å². The van der Waals surface area contributed by atoms with Gasteiger partial charge in [-0.25, -0.2) is 4.39 Å². The lowest BCUT2D eigenvalue weighted by Crippen LogP contribution is -2.28. The first-order chi connectivity index (χ1) is 9.60. The van der Waals surface area contributed by atoms with E-state index in [0.717, 1.165) is 0 Å². The Morgan fingerprint density at radius 3 is 2.85 bits per heavy atom. The Balaban J connectivity index is 3.02. The van der Waals surface area contributed by atoms with Gasteiger partial charge in [0, 0.05) is 25.6 Å². The highest BCUT2D eigenvalue weighted by atomic mass is 19.1. The number of aliphatic hydroxyl groups is 1. The summed E-state index contributed by atoms with van der Waals surface area (Å²) >= 11 is 0. The van der Waals surface area contributed by atoms with Crippen molar-refractivity contribution in [2.45, 2.75) is 12.8 Å². The van der Waals surface area contributed by atoms with Crippen LogP contribution >= 0.6 is 0 Å². The quantitative estimate of drug-likeness (QED) is 0.847. The van der Waals surface area contributed by atoms with Gasteiger partial charge < -0.3 is 10.0 Å². The van der Waals surface area contributed by atoms with Gasteiger partial charge in [-0.05, 0) is 18.2 Å². The van der Waals surface area contributed by atoms with Crippen LogP contribution in [0, 0.1) is 29.0 Å². The van der Waals surface area contributed by atoms with E-state index in [1.807, 2.05) is 6.07 Å². The Morgan fingerprint density at radius 1 is 1.45 bits per heavy atom. The van der Waals surface area contributed by atoms with Crippen LogP contribution in [0.1, 0.15) is 28.8 Å². The van der Waals surface area contributed by atoms with Crippen molar-refractivity contribution < 1.29 is 14.3 Å². The molecule has 0 unspecified atom stereocenters. The molecule has 0 saturated carbocycles. The van der Waals surface area contributed by atoms with E-state index in [-0.39, 0.29) is 36.5 Å². The highest BCUT2D eigenvalue weighted by molar-refractivity contribution is 5.96. The number of amides is 1. The number of benzene rings is 1. The van der Waals surface area contributed by atoms with Gasteiger partial charge in [-0.3, -0.25) is 4.79 Å². The summed E-state index contributed by atoms with van der Waals surface area (Å²) in [5.41, 5.74) is 0.574. The Morgan fingerprint density at radius 2 is 2.20 bits per heavy atom. The Bertz CT molecular complexity index is 582. The van der Waals surface area contributed by atoms with Crippen LogP contribution in [0.3, 0.4) is 0 Å². The van der Waals surface area contributed by atoms with E-state index in [1.165, 1.54) is 23.1 Å². The summed E-state index contributed by atoms with van der Waals surface area (Å²) in [7, 11) is 1.58. The molecule has 20 heavy (non-hydrogen) atoms. The van der Waals surface area contributed by atoms with Crippen LogP contribution in [0.25, 0.3) is 0 Å². The number of hydrogen-bond donors (Lipinski definition) is 1. The first-order valence-corrected chi connectivity index (χ1v) is 6.12. The molecule has 0 aliphatic carbocycles. The zero-order valence-electron chi connectivity index (χ0n) is 11.2. The van der Waals surface area contributed by atoms with Crippen molar-refractivity contribution in [2.75, 3.05) is 20.2 Å². The number of carbonyl (C=O) groups excluding carboxylic acids is 1. The average molecular weight is 274 g/mol.